The first-order valence-electron chi connectivity index (χ1n) is 8.55. The molecular formula is C22H22O4. The van der Waals surface area contributed by atoms with Crippen LogP contribution in [0.25, 0.3) is 0 Å². The van der Waals surface area contributed by atoms with Crippen molar-refractivity contribution in [2.24, 2.45) is 0 Å². The number of phenols is 4. The summed E-state index contributed by atoms with van der Waals surface area (Å²) < 4.78 is 0. The van der Waals surface area contributed by atoms with Crippen LogP contribution < -0.4 is 0 Å². The molecule has 0 aliphatic heterocycles. The first-order valence-corrected chi connectivity index (χ1v) is 8.55. The minimum Gasteiger partial charge on any atom is -0.507 e. The monoisotopic (exact) mass is 350 g/mol. The van der Waals surface area contributed by atoms with Crippen molar-refractivity contribution in [2.45, 2.75) is 25.2 Å². The van der Waals surface area contributed by atoms with Gasteiger partial charge in [-0.15, -0.1) is 0 Å². The van der Waals surface area contributed by atoms with Crippen molar-refractivity contribution in [1.29, 1.82) is 0 Å². The van der Waals surface area contributed by atoms with Gasteiger partial charge >= 0.3 is 0 Å². The van der Waals surface area contributed by atoms with Gasteiger partial charge in [0.25, 0.3) is 0 Å². The molecular weight excluding hydrogens is 328 g/mol. The largest absolute Gasteiger partial charge is 0.507 e. The Kier molecular flexibility index (Phi) is 5.03. The zero-order valence-corrected chi connectivity index (χ0v) is 14.5. The number of hydrogen-bond donors (Lipinski definition) is 4. The maximum Gasteiger partial charge on any atom is 0.200 e. The van der Waals surface area contributed by atoms with Gasteiger partial charge in [-0.2, -0.15) is 0 Å². The van der Waals surface area contributed by atoms with Gasteiger partial charge in [0.1, 0.15) is 5.75 Å². The molecule has 3 aromatic carbocycles. The average Bonchev–Trinajstić information content (AvgIpc) is 2.66. The third kappa shape index (κ3) is 3.45. The van der Waals surface area contributed by atoms with E-state index in [1.807, 2.05) is 60.7 Å². The number of hydrogen-bond acceptors (Lipinski definition) is 4. The maximum atomic E-state index is 10.4. The van der Waals surface area contributed by atoms with E-state index in [2.05, 4.69) is 6.92 Å². The van der Waals surface area contributed by atoms with Crippen LogP contribution in [0.15, 0.2) is 66.7 Å². The SMILES string of the molecule is CC(CC(c1ccccc1)c1c(O)cc(O)c(O)c1O)c1ccccc1. The van der Waals surface area contributed by atoms with E-state index >= 15 is 0 Å². The lowest BCUT2D eigenvalue weighted by Crippen LogP contribution is -2.07. The standard InChI is InChI=1S/C22H22O4/c1-14(15-8-4-2-5-9-15)12-17(16-10-6-3-7-11-16)20-18(23)13-19(24)21(25)22(20)26/h2-11,13-14,17,23-26H,12H2,1H3. The van der Waals surface area contributed by atoms with Crippen molar-refractivity contribution in [3.8, 4) is 23.0 Å². The molecule has 134 valence electrons. The fourth-order valence-corrected chi connectivity index (χ4v) is 3.37. The molecule has 2 unspecified atom stereocenters. The van der Waals surface area contributed by atoms with Crippen LogP contribution in [0.5, 0.6) is 23.0 Å². The Morgan fingerprint density at radius 1 is 0.692 bits per heavy atom. The van der Waals surface area contributed by atoms with Crippen molar-refractivity contribution in [3.63, 3.8) is 0 Å². The molecule has 0 amide bonds. The average molecular weight is 350 g/mol. The molecule has 0 saturated heterocycles. The van der Waals surface area contributed by atoms with Gasteiger partial charge in [-0.05, 0) is 23.5 Å². The van der Waals surface area contributed by atoms with E-state index in [-0.39, 0.29) is 23.1 Å². The molecule has 26 heavy (non-hydrogen) atoms. The second kappa shape index (κ2) is 7.40. The molecule has 0 aliphatic carbocycles. The minimum absolute atomic E-state index is 0.149. The van der Waals surface area contributed by atoms with Crippen LogP contribution in [0.1, 0.15) is 41.9 Å². The van der Waals surface area contributed by atoms with Crippen LogP contribution >= 0.6 is 0 Å². The summed E-state index contributed by atoms with van der Waals surface area (Å²) in [6.07, 6.45) is 0.610. The lowest BCUT2D eigenvalue weighted by molar-refractivity contribution is 0.353. The molecule has 0 saturated carbocycles. The van der Waals surface area contributed by atoms with E-state index in [0.29, 0.717) is 6.42 Å². The van der Waals surface area contributed by atoms with Crippen molar-refractivity contribution in [1.82, 2.24) is 0 Å². The minimum atomic E-state index is -0.619. The molecule has 0 heterocycles. The van der Waals surface area contributed by atoms with Crippen LogP contribution in [0.4, 0.5) is 0 Å². The fourth-order valence-electron chi connectivity index (χ4n) is 3.37. The third-order valence-corrected chi connectivity index (χ3v) is 4.78. The highest BCUT2D eigenvalue weighted by atomic mass is 16.3. The molecule has 2 atom stereocenters. The summed E-state index contributed by atoms with van der Waals surface area (Å²) >= 11 is 0. The van der Waals surface area contributed by atoms with E-state index in [1.54, 1.807) is 0 Å². The molecule has 0 aliphatic rings. The highest BCUT2D eigenvalue weighted by Gasteiger charge is 2.27. The lowest BCUT2D eigenvalue weighted by atomic mass is 9.81. The van der Waals surface area contributed by atoms with Gasteiger partial charge < -0.3 is 20.4 Å². The quantitative estimate of drug-likeness (QED) is 0.392. The Labute approximate surface area is 152 Å². The Morgan fingerprint density at radius 2 is 1.23 bits per heavy atom. The fraction of sp³-hybridized carbons (Fsp3) is 0.182. The molecule has 0 fully saturated rings. The Balaban J connectivity index is 2.07. The molecule has 4 N–H and O–H groups in total. The van der Waals surface area contributed by atoms with Gasteiger partial charge in [0, 0.05) is 17.5 Å². The van der Waals surface area contributed by atoms with E-state index in [0.717, 1.165) is 17.2 Å². The first kappa shape index (κ1) is 17.7. The van der Waals surface area contributed by atoms with Crippen molar-refractivity contribution < 1.29 is 20.4 Å². The lowest BCUT2D eigenvalue weighted by Gasteiger charge is -2.24. The summed E-state index contributed by atoms with van der Waals surface area (Å²) in [5, 5.41) is 40.4. The summed E-state index contributed by atoms with van der Waals surface area (Å²) in [5.74, 6) is -2.10. The van der Waals surface area contributed by atoms with Gasteiger partial charge in [0.05, 0.1) is 0 Å². The van der Waals surface area contributed by atoms with Crippen molar-refractivity contribution in [2.75, 3.05) is 0 Å². The number of phenolic OH excluding ortho intramolecular Hbond substituents is 4. The summed E-state index contributed by atoms with van der Waals surface area (Å²) in [7, 11) is 0. The van der Waals surface area contributed by atoms with Crippen molar-refractivity contribution >= 4 is 0 Å². The second-order valence-corrected chi connectivity index (χ2v) is 6.54. The van der Waals surface area contributed by atoms with E-state index in [4.69, 9.17) is 0 Å². The molecule has 0 spiro atoms. The topological polar surface area (TPSA) is 80.9 Å². The van der Waals surface area contributed by atoms with E-state index < -0.39 is 17.2 Å². The van der Waals surface area contributed by atoms with Gasteiger partial charge in [-0.3, -0.25) is 0 Å². The molecule has 3 aromatic rings. The van der Waals surface area contributed by atoms with Gasteiger partial charge in [-0.25, -0.2) is 0 Å². The van der Waals surface area contributed by atoms with Crippen LogP contribution in [-0.2, 0) is 0 Å². The zero-order valence-electron chi connectivity index (χ0n) is 14.5. The summed E-state index contributed by atoms with van der Waals surface area (Å²) in [4.78, 5) is 0. The van der Waals surface area contributed by atoms with Crippen LogP contribution in [0, 0.1) is 0 Å². The smallest absolute Gasteiger partial charge is 0.200 e. The first-order chi connectivity index (χ1) is 12.5. The van der Waals surface area contributed by atoms with Gasteiger partial charge in [-0.1, -0.05) is 67.6 Å². The highest BCUT2D eigenvalue weighted by Crippen LogP contribution is 2.49. The molecule has 3 rings (SSSR count). The Morgan fingerprint density at radius 3 is 1.81 bits per heavy atom. The predicted molar refractivity (Wildman–Crippen MR) is 101 cm³/mol. The Bertz CT molecular complexity index is 876. The Hall–Kier alpha value is -3.14. The predicted octanol–water partition coefficient (Wildman–Crippen LogP) is 4.83. The molecule has 0 bridgehead atoms. The summed E-state index contributed by atoms with van der Waals surface area (Å²) in [6.45, 7) is 2.08. The number of aromatic hydroxyl groups is 4. The maximum absolute atomic E-state index is 10.4. The van der Waals surface area contributed by atoms with Crippen LogP contribution in [0.3, 0.4) is 0 Å². The molecule has 4 heteroatoms. The highest BCUT2D eigenvalue weighted by molar-refractivity contribution is 5.62. The van der Waals surface area contributed by atoms with E-state index in [1.165, 1.54) is 0 Å². The van der Waals surface area contributed by atoms with Gasteiger partial charge in [0.2, 0.25) is 5.75 Å². The van der Waals surface area contributed by atoms with Crippen LogP contribution in [-0.4, -0.2) is 20.4 Å². The second-order valence-electron chi connectivity index (χ2n) is 6.54. The molecule has 0 radical (unpaired) electrons. The molecule has 0 aromatic heterocycles. The summed E-state index contributed by atoms with van der Waals surface area (Å²) in [6, 6.07) is 20.6. The van der Waals surface area contributed by atoms with Crippen LogP contribution in [0.2, 0.25) is 0 Å². The summed E-state index contributed by atoms with van der Waals surface area (Å²) in [5.41, 5.74) is 2.27. The van der Waals surface area contributed by atoms with E-state index in [9.17, 15) is 20.4 Å². The normalized spacial score (nSPS) is 13.3. The van der Waals surface area contributed by atoms with Gasteiger partial charge in [0.15, 0.2) is 11.5 Å². The molecule has 4 nitrogen and oxygen atoms in total. The number of rotatable bonds is 5. The van der Waals surface area contributed by atoms with Crippen molar-refractivity contribution in [3.05, 3.63) is 83.4 Å². The zero-order chi connectivity index (χ0) is 18.7. The number of benzene rings is 3. The third-order valence-electron chi connectivity index (χ3n) is 4.78.